The van der Waals surface area contributed by atoms with Gasteiger partial charge in [-0.15, -0.1) is 0 Å². The van der Waals surface area contributed by atoms with Gasteiger partial charge in [0.25, 0.3) is 5.91 Å². The summed E-state index contributed by atoms with van der Waals surface area (Å²) in [6.07, 6.45) is 7.71. The summed E-state index contributed by atoms with van der Waals surface area (Å²) < 4.78 is 11.2. The number of amides is 1. The molecule has 1 spiro atoms. The van der Waals surface area contributed by atoms with Gasteiger partial charge in [-0.25, -0.2) is 0 Å². The number of aromatic nitrogens is 1. The molecule has 1 N–H and O–H groups in total. The van der Waals surface area contributed by atoms with E-state index in [1.165, 1.54) is 12.8 Å². The Hall–Kier alpha value is -1.36. The zero-order valence-electron chi connectivity index (χ0n) is 11.6. The maximum atomic E-state index is 12.3. The van der Waals surface area contributed by atoms with Gasteiger partial charge < -0.3 is 14.6 Å². The lowest BCUT2D eigenvalue weighted by molar-refractivity contribution is -0.00406. The Kier molecular flexibility index (Phi) is 2.84. The number of hydrogen-bond donors (Lipinski definition) is 1. The molecule has 1 atom stereocenters. The van der Waals surface area contributed by atoms with Gasteiger partial charge in [-0.2, -0.15) is 0 Å². The topological polar surface area (TPSA) is 64.4 Å². The molecule has 1 saturated heterocycles. The first-order valence-corrected chi connectivity index (χ1v) is 7.68. The molecule has 20 heavy (non-hydrogen) atoms. The molecule has 1 amide bonds. The average Bonchev–Trinajstić information content (AvgIpc) is 2.92. The van der Waals surface area contributed by atoms with E-state index in [-0.39, 0.29) is 17.6 Å². The minimum Gasteiger partial charge on any atom is -0.373 e. The number of rotatable bonds is 3. The van der Waals surface area contributed by atoms with Crippen LogP contribution in [0.25, 0.3) is 0 Å². The molecule has 5 heteroatoms. The fourth-order valence-corrected chi connectivity index (χ4v) is 3.60. The summed E-state index contributed by atoms with van der Waals surface area (Å²) >= 11 is 0. The number of nitrogens with zero attached hydrogens (tertiary/aromatic N) is 1. The molecule has 3 fully saturated rings. The van der Waals surface area contributed by atoms with Crippen molar-refractivity contribution in [2.45, 2.75) is 62.5 Å². The first-order chi connectivity index (χ1) is 9.77. The maximum Gasteiger partial charge on any atom is 0.273 e. The van der Waals surface area contributed by atoms with Crippen LogP contribution in [0, 0.1) is 0 Å². The normalized spacial score (nSPS) is 28.1. The second-order valence-electron chi connectivity index (χ2n) is 6.32. The van der Waals surface area contributed by atoms with Crippen molar-refractivity contribution in [1.29, 1.82) is 0 Å². The van der Waals surface area contributed by atoms with Crippen molar-refractivity contribution in [2.24, 2.45) is 0 Å². The maximum absolute atomic E-state index is 12.3. The Morgan fingerprint density at radius 3 is 2.85 bits per heavy atom. The van der Waals surface area contributed by atoms with Crippen LogP contribution in [0.2, 0.25) is 0 Å². The molecule has 1 aromatic heterocycles. The highest BCUT2D eigenvalue weighted by Gasteiger charge is 2.47. The lowest BCUT2D eigenvalue weighted by Crippen LogP contribution is -2.48. The minimum atomic E-state index is -0.123. The van der Waals surface area contributed by atoms with Crippen LogP contribution in [-0.4, -0.2) is 29.3 Å². The second kappa shape index (κ2) is 4.58. The summed E-state index contributed by atoms with van der Waals surface area (Å²) in [5.74, 6) is 1.22. The van der Waals surface area contributed by atoms with Gasteiger partial charge in [-0.1, -0.05) is 18.0 Å². The molecule has 1 aromatic rings. The van der Waals surface area contributed by atoms with Gasteiger partial charge in [0.15, 0.2) is 5.69 Å². The fraction of sp³-hybridized carbons (Fsp3) is 0.733. The van der Waals surface area contributed by atoms with Crippen LogP contribution in [0.5, 0.6) is 0 Å². The van der Waals surface area contributed by atoms with E-state index < -0.39 is 0 Å². The molecule has 5 nitrogen and oxygen atoms in total. The van der Waals surface area contributed by atoms with Crippen molar-refractivity contribution in [3.05, 3.63) is 17.5 Å². The van der Waals surface area contributed by atoms with Gasteiger partial charge in [0.05, 0.1) is 11.6 Å². The summed E-state index contributed by atoms with van der Waals surface area (Å²) in [5.41, 5.74) is 0.297. The second-order valence-corrected chi connectivity index (χ2v) is 6.32. The summed E-state index contributed by atoms with van der Waals surface area (Å²) in [4.78, 5) is 12.3. The van der Waals surface area contributed by atoms with Gasteiger partial charge >= 0.3 is 0 Å². The molecule has 2 aliphatic carbocycles. The third kappa shape index (κ3) is 2.04. The number of hydrogen-bond acceptors (Lipinski definition) is 4. The van der Waals surface area contributed by atoms with Crippen molar-refractivity contribution in [3.63, 3.8) is 0 Å². The molecular weight excluding hydrogens is 256 g/mol. The molecule has 3 aliphatic rings. The van der Waals surface area contributed by atoms with E-state index >= 15 is 0 Å². The standard InChI is InChI=1S/C15H20N2O3/c18-14(11-9-12(20-17-11)10-3-4-10)16-13-5-8-19-15(13)6-1-2-7-15/h9-10,13H,1-8H2,(H,16,18). The predicted octanol–water partition coefficient (Wildman–Crippen LogP) is 2.38. The van der Waals surface area contributed by atoms with Crippen LogP contribution in [0.1, 0.15) is 67.1 Å². The number of nitrogens with one attached hydrogen (secondary N) is 1. The van der Waals surface area contributed by atoms with E-state index in [1.807, 2.05) is 0 Å². The van der Waals surface area contributed by atoms with Crippen LogP contribution in [0.3, 0.4) is 0 Å². The average molecular weight is 276 g/mol. The van der Waals surface area contributed by atoms with E-state index in [4.69, 9.17) is 9.26 Å². The number of carbonyl (C=O) groups is 1. The van der Waals surface area contributed by atoms with Crippen LogP contribution in [0.4, 0.5) is 0 Å². The van der Waals surface area contributed by atoms with E-state index in [0.717, 1.165) is 44.5 Å². The highest BCUT2D eigenvalue weighted by atomic mass is 16.5. The monoisotopic (exact) mass is 276 g/mol. The molecule has 2 saturated carbocycles. The van der Waals surface area contributed by atoms with E-state index in [0.29, 0.717) is 11.6 Å². The van der Waals surface area contributed by atoms with Crippen molar-refractivity contribution in [1.82, 2.24) is 10.5 Å². The third-order valence-electron chi connectivity index (χ3n) is 4.93. The van der Waals surface area contributed by atoms with Gasteiger partial charge in [0.2, 0.25) is 0 Å². The quantitative estimate of drug-likeness (QED) is 0.920. The van der Waals surface area contributed by atoms with Crippen molar-refractivity contribution in [3.8, 4) is 0 Å². The lowest BCUT2D eigenvalue weighted by atomic mass is 9.92. The first kappa shape index (κ1) is 12.4. The Morgan fingerprint density at radius 2 is 2.10 bits per heavy atom. The third-order valence-corrected chi connectivity index (χ3v) is 4.93. The van der Waals surface area contributed by atoms with Crippen LogP contribution >= 0.6 is 0 Å². The molecule has 4 rings (SSSR count). The molecular formula is C15H20N2O3. The molecule has 2 heterocycles. The van der Waals surface area contributed by atoms with Crippen molar-refractivity contribution in [2.75, 3.05) is 6.61 Å². The summed E-state index contributed by atoms with van der Waals surface area (Å²) in [6.45, 7) is 0.747. The molecule has 0 radical (unpaired) electrons. The summed E-state index contributed by atoms with van der Waals surface area (Å²) in [7, 11) is 0. The number of carbonyl (C=O) groups excluding carboxylic acids is 1. The predicted molar refractivity (Wildman–Crippen MR) is 71.5 cm³/mol. The van der Waals surface area contributed by atoms with Crippen LogP contribution in [-0.2, 0) is 4.74 Å². The Labute approximate surface area is 118 Å². The van der Waals surface area contributed by atoms with Gasteiger partial charge in [0, 0.05) is 18.6 Å². The highest BCUT2D eigenvalue weighted by molar-refractivity contribution is 5.92. The Bertz CT molecular complexity index is 509. The molecule has 0 aromatic carbocycles. The largest absolute Gasteiger partial charge is 0.373 e. The highest BCUT2D eigenvalue weighted by Crippen LogP contribution is 2.42. The van der Waals surface area contributed by atoms with Crippen molar-refractivity contribution >= 4 is 5.91 Å². The Balaban J connectivity index is 1.45. The SMILES string of the molecule is O=C(NC1CCOC12CCCC2)c1cc(C2CC2)on1. The van der Waals surface area contributed by atoms with Crippen LogP contribution < -0.4 is 5.32 Å². The zero-order chi connectivity index (χ0) is 13.6. The fourth-order valence-electron chi connectivity index (χ4n) is 3.60. The molecule has 1 aliphatic heterocycles. The van der Waals surface area contributed by atoms with Crippen molar-refractivity contribution < 1.29 is 14.1 Å². The van der Waals surface area contributed by atoms with Gasteiger partial charge in [0.1, 0.15) is 5.76 Å². The molecule has 1 unspecified atom stereocenters. The van der Waals surface area contributed by atoms with Gasteiger partial charge in [-0.05, 0) is 32.1 Å². The first-order valence-electron chi connectivity index (χ1n) is 7.68. The zero-order valence-corrected chi connectivity index (χ0v) is 11.6. The summed E-state index contributed by atoms with van der Waals surface area (Å²) in [5, 5.41) is 7.02. The van der Waals surface area contributed by atoms with Gasteiger partial charge in [-0.3, -0.25) is 4.79 Å². The molecule has 0 bridgehead atoms. The Morgan fingerprint density at radius 1 is 1.30 bits per heavy atom. The summed E-state index contributed by atoms with van der Waals surface area (Å²) in [6, 6.07) is 1.92. The van der Waals surface area contributed by atoms with E-state index in [1.54, 1.807) is 6.07 Å². The lowest BCUT2D eigenvalue weighted by Gasteiger charge is -2.30. The minimum absolute atomic E-state index is 0.112. The van der Waals surface area contributed by atoms with E-state index in [2.05, 4.69) is 10.5 Å². The smallest absolute Gasteiger partial charge is 0.273 e. The van der Waals surface area contributed by atoms with Crippen LogP contribution in [0.15, 0.2) is 10.6 Å². The molecule has 108 valence electrons. The van der Waals surface area contributed by atoms with E-state index in [9.17, 15) is 4.79 Å². The number of ether oxygens (including phenoxy) is 1.